The Morgan fingerprint density at radius 3 is 2.64 bits per heavy atom. The quantitative estimate of drug-likeness (QED) is 0.482. The van der Waals surface area contributed by atoms with E-state index >= 15 is 0 Å². The summed E-state index contributed by atoms with van der Waals surface area (Å²) in [4.78, 5) is 22.9. The molecule has 0 amide bonds. The molecule has 0 fully saturated rings. The van der Waals surface area contributed by atoms with Crippen molar-refractivity contribution in [2.24, 2.45) is 5.92 Å². The van der Waals surface area contributed by atoms with Crippen molar-refractivity contribution in [1.82, 2.24) is 0 Å². The molecule has 0 heterocycles. The number of rotatable bonds is 4. The molecule has 118 valence electrons. The van der Waals surface area contributed by atoms with E-state index in [9.17, 15) is 9.59 Å². The first kappa shape index (κ1) is 16.3. The average Bonchev–Trinajstić information content (AvgIpc) is 2.46. The Bertz CT molecular complexity index is 531. The van der Waals surface area contributed by atoms with E-state index in [1.807, 2.05) is 6.08 Å². The molecule has 4 heteroatoms. The van der Waals surface area contributed by atoms with Gasteiger partial charge in [0.05, 0.1) is 5.92 Å². The summed E-state index contributed by atoms with van der Waals surface area (Å²) in [6.07, 6.45) is 9.35. The van der Waals surface area contributed by atoms with Crippen molar-refractivity contribution in [2.45, 2.75) is 45.6 Å². The normalized spacial score (nSPS) is 19.6. The van der Waals surface area contributed by atoms with Crippen LogP contribution in [0.2, 0.25) is 0 Å². The van der Waals surface area contributed by atoms with Crippen LogP contribution in [0.15, 0.2) is 36.4 Å². The molecule has 0 spiro atoms. The van der Waals surface area contributed by atoms with Crippen LogP contribution in [0.25, 0.3) is 0 Å². The largest absolute Gasteiger partial charge is 0.461 e. The summed E-state index contributed by atoms with van der Waals surface area (Å²) < 4.78 is 10.3. The van der Waals surface area contributed by atoms with Gasteiger partial charge >= 0.3 is 11.9 Å². The van der Waals surface area contributed by atoms with Crippen LogP contribution in [0.5, 0.6) is 5.75 Å². The van der Waals surface area contributed by atoms with Gasteiger partial charge in [-0.15, -0.1) is 0 Å². The molecule has 2 rings (SSSR count). The molecular formula is C18H22O4. The molecular weight excluding hydrogens is 280 g/mol. The first-order valence-corrected chi connectivity index (χ1v) is 7.76. The number of hydrogen-bond acceptors (Lipinski definition) is 4. The summed E-state index contributed by atoms with van der Waals surface area (Å²) in [5.41, 5.74) is 0.862. The second kappa shape index (κ2) is 8.37. The van der Waals surface area contributed by atoms with E-state index in [4.69, 9.17) is 9.47 Å². The molecule has 1 atom stereocenters. The van der Waals surface area contributed by atoms with E-state index in [1.54, 1.807) is 24.3 Å². The lowest BCUT2D eigenvalue weighted by Gasteiger charge is -2.14. The van der Waals surface area contributed by atoms with Gasteiger partial charge in [0.2, 0.25) is 0 Å². The predicted octanol–water partition coefficient (Wildman–Crippen LogP) is 3.79. The zero-order valence-corrected chi connectivity index (χ0v) is 12.9. The summed E-state index contributed by atoms with van der Waals surface area (Å²) >= 11 is 0. The molecule has 22 heavy (non-hydrogen) atoms. The van der Waals surface area contributed by atoms with E-state index in [0.717, 1.165) is 24.8 Å². The van der Waals surface area contributed by atoms with Crippen molar-refractivity contribution in [3.63, 3.8) is 0 Å². The number of hydrogen-bond donors (Lipinski definition) is 0. The van der Waals surface area contributed by atoms with E-state index in [-0.39, 0.29) is 24.5 Å². The van der Waals surface area contributed by atoms with Gasteiger partial charge in [0.25, 0.3) is 0 Å². The fourth-order valence-electron chi connectivity index (χ4n) is 2.39. The molecule has 0 radical (unpaired) electrons. The smallest absolute Gasteiger partial charge is 0.318 e. The molecule has 0 aromatic heterocycles. The molecule has 1 unspecified atom stereocenters. The van der Waals surface area contributed by atoms with Crippen LogP contribution >= 0.6 is 0 Å². The van der Waals surface area contributed by atoms with E-state index in [2.05, 4.69) is 6.08 Å². The van der Waals surface area contributed by atoms with E-state index < -0.39 is 0 Å². The third-order valence-corrected chi connectivity index (χ3v) is 3.64. The van der Waals surface area contributed by atoms with Gasteiger partial charge in [-0.3, -0.25) is 9.59 Å². The maximum Gasteiger partial charge on any atom is 0.318 e. The second-order valence-corrected chi connectivity index (χ2v) is 5.52. The number of ether oxygens (including phenoxy) is 2. The summed E-state index contributed by atoms with van der Waals surface area (Å²) in [6, 6.07) is 7.03. The molecule has 1 aliphatic rings. The Morgan fingerprint density at radius 1 is 1.14 bits per heavy atom. The van der Waals surface area contributed by atoms with Crippen LogP contribution < -0.4 is 4.74 Å². The van der Waals surface area contributed by atoms with Crippen LogP contribution in [-0.4, -0.2) is 11.9 Å². The number of allylic oxidation sites excluding steroid dienone is 1. The fraction of sp³-hybridized carbons (Fsp3) is 0.444. The standard InChI is InChI=1S/C18H22O4/c1-14(19)21-13-15-9-11-17(12-10-15)22-18(20)16-7-5-3-2-4-6-8-16/h5,7,9-12,16H,2-4,6,8,13H2,1H3/b7-5+. The van der Waals surface area contributed by atoms with Crippen LogP contribution in [-0.2, 0) is 20.9 Å². The highest BCUT2D eigenvalue weighted by Crippen LogP contribution is 2.20. The second-order valence-electron chi connectivity index (χ2n) is 5.52. The molecule has 4 nitrogen and oxygen atoms in total. The molecule has 0 saturated heterocycles. The van der Waals surface area contributed by atoms with Gasteiger partial charge in [0.15, 0.2) is 0 Å². The van der Waals surface area contributed by atoms with Crippen molar-refractivity contribution >= 4 is 11.9 Å². The Hall–Kier alpha value is -2.10. The van der Waals surface area contributed by atoms with Gasteiger partial charge in [0, 0.05) is 6.92 Å². The lowest BCUT2D eigenvalue weighted by Crippen LogP contribution is -2.19. The van der Waals surface area contributed by atoms with Crippen molar-refractivity contribution in [3.8, 4) is 5.75 Å². The fourth-order valence-corrected chi connectivity index (χ4v) is 2.39. The number of benzene rings is 1. The first-order chi connectivity index (χ1) is 10.6. The highest BCUT2D eigenvalue weighted by molar-refractivity contribution is 5.77. The van der Waals surface area contributed by atoms with Crippen LogP contribution in [0, 0.1) is 5.92 Å². The third kappa shape index (κ3) is 5.35. The Morgan fingerprint density at radius 2 is 1.91 bits per heavy atom. The minimum absolute atomic E-state index is 0.152. The molecule has 1 aromatic rings. The highest BCUT2D eigenvalue weighted by atomic mass is 16.5. The summed E-state index contributed by atoms with van der Waals surface area (Å²) in [5.74, 6) is -0.148. The minimum Gasteiger partial charge on any atom is -0.461 e. The highest BCUT2D eigenvalue weighted by Gasteiger charge is 2.18. The lowest BCUT2D eigenvalue weighted by molar-refractivity contribution is -0.142. The molecule has 1 aromatic carbocycles. The molecule has 0 aliphatic heterocycles. The Kier molecular flexibility index (Phi) is 6.19. The summed E-state index contributed by atoms with van der Waals surface area (Å²) in [6.45, 7) is 1.60. The van der Waals surface area contributed by atoms with Gasteiger partial charge in [-0.2, -0.15) is 0 Å². The van der Waals surface area contributed by atoms with Crippen molar-refractivity contribution in [3.05, 3.63) is 42.0 Å². The summed E-state index contributed by atoms with van der Waals surface area (Å²) in [5, 5.41) is 0. The minimum atomic E-state index is -0.313. The van der Waals surface area contributed by atoms with Crippen molar-refractivity contribution in [2.75, 3.05) is 0 Å². The van der Waals surface area contributed by atoms with Gasteiger partial charge < -0.3 is 9.47 Å². The zero-order chi connectivity index (χ0) is 15.8. The number of carbonyl (C=O) groups is 2. The van der Waals surface area contributed by atoms with Gasteiger partial charge in [-0.05, 0) is 37.0 Å². The molecule has 0 saturated carbocycles. The van der Waals surface area contributed by atoms with Gasteiger partial charge in [-0.25, -0.2) is 0 Å². The van der Waals surface area contributed by atoms with E-state index in [1.165, 1.54) is 19.8 Å². The van der Waals surface area contributed by atoms with Crippen molar-refractivity contribution in [1.29, 1.82) is 0 Å². The third-order valence-electron chi connectivity index (χ3n) is 3.64. The van der Waals surface area contributed by atoms with E-state index in [0.29, 0.717) is 5.75 Å². The SMILES string of the molecule is CC(=O)OCc1ccc(OC(=O)C2/C=C/CCCCC2)cc1. The Balaban J connectivity index is 1.90. The zero-order valence-electron chi connectivity index (χ0n) is 12.9. The van der Waals surface area contributed by atoms with Crippen molar-refractivity contribution < 1.29 is 19.1 Å². The van der Waals surface area contributed by atoms with Crippen LogP contribution in [0.4, 0.5) is 0 Å². The maximum absolute atomic E-state index is 12.2. The predicted molar refractivity (Wildman–Crippen MR) is 83.3 cm³/mol. The molecule has 1 aliphatic carbocycles. The van der Waals surface area contributed by atoms with Crippen LogP contribution in [0.3, 0.4) is 0 Å². The van der Waals surface area contributed by atoms with Gasteiger partial charge in [0.1, 0.15) is 12.4 Å². The first-order valence-electron chi connectivity index (χ1n) is 7.76. The maximum atomic E-state index is 12.2. The number of carbonyl (C=O) groups excluding carboxylic acids is 2. The number of esters is 2. The molecule has 0 N–H and O–H groups in total. The average molecular weight is 302 g/mol. The van der Waals surface area contributed by atoms with Gasteiger partial charge in [-0.1, -0.05) is 37.1 Å². The summed E-state index contributed by atoms with van der Waals surface area (Å²) in [7, 11) is 0. The van der Waals surface area contributed by atoms with Crippen LogP contribution in [0.1, 0.15) is 44.6 Å². The topological polar surface area (TPSA) is 52.6 Å². The molecule has 0 bridgehead atoms. The lowest BCUT2D eigenvalue weighted by atomic mass is 9.97. The Labute approximate surface area is 131 Å². The monoisotopic (exact) mass is 302 g/mol.